The van der Waals surface area contributed by atoms with Gasteiger partial charge >= 0.3 is 5.97 Å². The Balaban J connectivity index is 1.52. The van der Waals surface area contributed by atoms with Gasteiger partial charge in [0.05, 0.1) is 18.4 Å². The highest BCUT2D eigenvalue weighted by molar-refractivity contribution is 6.04. The van der Waals surface area contributed by atoms with E-state index in [1.165, 1.54) is 0 Å². The normalized spacial score (nSPS) is 19.4. The van der Waals surface area contributed by atoms with Gasteiger partial charge in [-0.25, -0.2) is 4.79 Å². The highest BCUT2D eigenvalue weighted by atomic mass is 16.5. The quantitative estimate of drug-likeness (QED) is 0.464. The highest BCUT2D eigenvalue weighted by Crippen LogP contribution is 2.47. The average molecular weight is 501 g/mol. The summed E-state index contributed by atoms with van der Waals surface area (Å²) in [5, 5.41) is 17.4. The number of benzene rings is 2. The number of carbonyl (C=O) groups excluding carboxylic acids is 2. The van der Waals surface area contributed by atoms with Gasteiger partial charge in [-0.2, -0.15) is 0 Å². The average Bonchev–Trinajstić information content (AvgIpc) is 3.31. The lowest BCUT2D eigenvalue weighted by Crippen LogP contribution is -2.36. The molecule has 1 aliphatic heterocycles. The topological polar surface area (TPSA) is 111 Å². The zero-order valence-electron chi connectivity index (χ0n) is 20.9. The molecule has 0 fully saturated rings. The second-order valence-electron chi connectivity index (χ2n) is 9.36. The molecule has 1 aliphatic carbocycles. The van der Waals surface area contributed by atoms with Crippen molar-refractivity contribution >= 4 is 11.8 Å². The van der Waals surface area contributed by atoms with Crippen molar-refractivity contribution in [1.29, 1.82) is 0 Å². The molecular weight excluding hydrogens is 472 g/mol. The van der Waals surface area contributed by atoms with Crippen LogP contribution in [-0.4, -0.2) is 29.1 Å². The van der Waals surface area contributed by atoms with Crippen LogP contribution in [0.5, 0.6) is 11.5 Å². The van der Waals surface area contributed by atoms with Gasteiger partial charge in [0, 0.05) is 41.3 Å². The molecule has 8 heteroatoms. The number of nitrogens with zero attached hydrogens (tertiary/aromatic N) is 1. The largest absolute Gasteiger partial charge is 0.508 e. The van der Waals surface area contributed by atoms with Gasteiger partial charge in [0.15, 0.2) is 18.2 Å². The number of hydrogen-bond donors (Lipinski definition) is 2. The van der Waals surface area contributed by atoms with Crippen molar-refractivity contribution in [2.24, 2.45) is 0 Å². The van der Waals surface area contributed by atoms with Crippen LogP contribution in [0.1, 0.15) is 54.2 Å². The van der Waals surface area contributed by atoms with Crippen LogP contribution in [0.25, 0.3) is 0 Å². The summed E-state index contributed by atoms with van der Waals surface area (Å²) in [4.78, 5) is 27.2. The van der Waals surface area contributed by atoms with Crippen molar-refractivity contribution in [3.05, 3.63) is 99.7 Å². The number of aryl methyl sites for hydroxylation is 1. The summed E-state index contributed by atoms with van der Waals surface area (Å²) in [5.74, 6) is -0.177. The molecule has 5 rings (SSSR count). The number of phenolic OH excluding ortho intramolecular Hbond substituents is 1. The van der Waals surface area contributed by atoms with Crippen LogP contribution in [0, 0.1) is 6.92 Å². The van der Waals surface area contributed by atoms with Gasteiger partial charge in [-0.15, -0.1) is 0 Å². The lowest BCUT2D eigenvalue weighted by Gasteiger charge is -2.37. The van der Waals surface area contributed by atoms with E-state index in [1.807, 2.05) is 24.3 Å². The minimum absolute atomic E-state index is 0.0517. The number of allylic oxidation sites excluding steroid dienone is 3. The summed E-state index contributed by atoms with van der Waals surface area (Å²) < 4.78 is 16.3. The van der Waals surface area contributed by atoms with Gasteiger partial charge in [-0.1, -0.05) is 35.5 Å². The molecule has 2 aliphatic rings. The molecule has 0 saturated carbocycles. The summed E-state index contributed by atoms with van der Waals surface area (Å²) in [6.45, 7) is 3.50. The van der Waals surface area contributed by atoms with Gasteiger partial charge in [0.25, 0.3) is 0 Å². The maximum atomic E-state index is 13.7. The number of Topliss-reactive ketones (excluding diaryl/α,β-unsaturated/α-hetero) is 1. The van der Waals surface area contributed by atoms with Crippen molar-refractivity contribution in [1.82, 2.24) is 10.5 Å². The molecule has 3 aromatic rings. The van der Waals surface area contributed by atoms with E-state index < -0.39 is 11.9 Å². The van der Waals surface area contributed by atoms with Gasteiger partial charge in [0.2, 0.25) is 0 Å². The number of ketones is 1. The number of carbonyl (C=O) groups is 2. The summed E-state index contributed by atoms with van der Waals surface area (Å²) >= 11 is 0. The third-order valence-corrected chi connectivity index (χ3v) is 6.85. The number of para-hydroxylation sites is 1. The molecule has 2 atom stereocenters. The number of phenols is 1. The molecule has 0 amide bonds. The Morgan fingerprint density at radius 1 is 1.14 bits per heavy atom. The number of dihydropyridines is 1. The van der Waals surface area contributed by atoms with Crippen molar-refractivity contribution in [2.75, 3.05) is 7.11 Å². The van der Waals surface area contributed by atoms with Gasteiger partial charge in [-0.3, -0.25) is 4.79 Å². The van der Waals surface area contributed by atoms with E-state index in [9.17, 15) is 14.7 Å². The fraction of sp³-hybridized carbons (Fsp3) is 0.276. The number of ether oxygens (including phenoxy) is 2. The zero-order chi connectivity index (χ0) is 26.1. The number of aromatic nitrogens is 1. The molecule has 2 unspecified atom stereocenters. The van der Waals surface area contributed by atoms with Gasteiger partial charge in [0.1, 0.15) is 11.5 Å². The number of nitrogens with one attached hydrogen (secondary N) is 1. The number of rotatable bonds is 6. The fourth-order valence-corrected chi connectivity index (χ4v) is 5.27. The lowest BCUT2D eigenvalue weighted by molar-refractivity contribution is -0.141. The molecule has 8 nitrogen and oxygen atoms in total. The van der Waals surface area contributed by atoms with E-state index in [1.54, 1.807) is 51.3 Å². The fourth-order valence-electron chi connectivity index (χ4n) is 5.27. The van der Waals surface area contributed by atoms with Crippen LogP contribution in [-0.2, 0) is 20.9 Å². The molecule has 0 radical (unpaired) electrons. The second kappa shape index (κ2) is 9.97. The van der Waals surface area contributed by atoms with Gasteiger partial charge in [-0.05, 0) is 49.6 Å². The molecular formula is C29H28N2O6. The first-order valence-corrected chi connectivity index (χ1v) is 12.1. The zero-order valence-corrected chi connectivity index (χ0v) is 20.9. The minimum atomic E-state index is -0.682. The number of hydrogen-bond acceptors (Lipinski definition) is 8. The molecule has 190 valence electrons. The molecule has 2 N–H and O–H groups in total. The Hall–Kier alpha value is -4.33. The van der Waals surface area contributed by atoms with Crippen molar-refractivity contribution in [2.45, 2.75) is 45.1 Å². The van der Waals surface area contributed by atoms with Crippen LogP contribution >= 0.6 is 0 Å². The minimum Gasteiger partial charge on any atom is -0.508 e. The maximum absolute atomic E-state index is 13.7. The first-order valence-electron chi connectivity index (χ1n) is 12.1. The van der Waals surface area contributed by atoms with E-state index in [2.05, 4.69) is 10.5 Å². The SMILES string of the molecule is COc1ccccc1C1CC(=O)C2=C(C1)NC(C)=C(C(=O)OCc1cc(C)no1)C2c1cccc(O)c1. The van der Waals surface area contributed by atoms with E-state index in [4.69, 9.17) is 14.0 Å². The van der Waals surface area contributed by atoms with Crippen LogP contribution in [0.15, 0.2) is 81.7 Å². The Kier molecular flexibility index (Phi) is 6.56. The summed E-state index contributed by atoms with van der Waals surface area (Å²) in [6.07, 6.45) is 0.850. The number of methoxy groups -OCH3 is 1. The Morgan fingerprint density at radius 3 is 2.68 bits per heavy atom. The Bertz CT molecular complexity index is 1430. The Labute approximate surface area is 214 Å². The van der Waals surface area contributed by atoms with Crippen molar-refractivity contribution in [3.63, 3.8) is 0 Å². The third-order valence-electron chi connectivity index (χ3n) is 6.85. The van der Waals surface area contributed by atoms with E-state index in [0.717, 1.165) is 17.0 Å². The second-order valence-corrected chi connectivity index (χ2v) is 9.36. The predicted octanol–water partition coefficient (Wildman–Crippen LogP) is 4.80. The molecule has 0 saturated heterocycles. The van der Waals surface area contributed by atoms with Gasteiger partial charge < -0.3 is 24.4 Å². The summed E-state index contributed by atoms with van der Waals surface area (Å²) in [7, 11) is 1.62. The lowest BCUT2D eigenvalue weighted by atomic mass is 9.71. The monoisotopic (exact) mass is 500 g/mol. The standard InChI is InChI=1S/C29H28N2O6/c1-16-11-21(37-31-16)15-36-29(34)26-17(2)30-23-13-19(22-9-4-5-10-25(22)35-3)14-24(33)28(23)27(26)18-7-6-8-20(32)12-18/h4-12,19,27,30,32H,13-15H2,1-3H3. The smallest absolute Gasteiger partial charge is 0.337 e. The van der Waals surface area contributed by atoms with E-state index in [0.29, 0.717) is 40.3 Å². The molecule has 1 aromatic heterocycles. The summed E-state index contributed by atoms with van der Waals surface area (Å²) in [6, 6.07) is 16.1. The van der Waals surface area contributed by atoms with Crippen molar-refractivity contribution in [3.8, 4) is 11.5 Å². The molecule has 0 spiro atoms. The first kappa shape index (κ1) is 24.4. The number of aromatic hydroxyl groups is 1. The van der Waals surface area contributed by atoms with E-state index in [-0.39, 0.29) is 30.5 Å². The van der Waals surface area contributed by atoms with Crippen LogP contribution in [0.2, 0.25) is 0 Å². The van der Waals surface area contributed by atoms with Crippen LogP contribution in [0.3, 0.4) is 0 Å². The van der Waals surface area contributed by atoms with E-state index >= 15 is 0 Å². The Morgan fingerprint density at radius 2 is 1.95 bits per heavy atom. The molecule has 2 aromatic carbocycles. The number of esters is 1. The van der Waals surface area contributed by atoms with Crippen LogP contribution < -0.4 is 10.1 Å². The third kappa shape index (κ3) is 4.74. The maximum Gasteiger partial charge on any atom is 0.337 e. The molecule has 2 heterocycles. The summed E-state index contributed by atoms with van der Waals surface area (Å²) in [5.41, 5.74) is 4.49. The highest BCUT2D eigenvalue weighted by Gasteiger charge is 2.42. The predicted molar refractivity (Wildman–Crippen MR) is 135 cm³/mol. The molecule has 0 bridgehead atoms. The van der Waals surface area contributed by atoms with Crippen molar-refractivity contribution < 1.29 is 28.7 Å². The first-order chi connectivity index (χ1) is 17.9. The van der Waals surface area contributed by atoms with Crippen LogP contribution in [0.4, 0.5) is 0 Å². The molecule has 37 heavy (non-hydrogen) atoms.